The van der Waals surface area contributed by atoms with E-state index in [0.717, 1.165) is 18.7 Å². The summed E-state index contributed by atoms with van der Waals surface area (Å²) in [6, 6.07) is 5.06. The van der Waals surface area contributed by atoms with E-state index in [1.54, 1.807) is 29.1 Å². The minimum absolute atomic E-state index is 0.396. The van der Waals surface area contributed by atoms with Crippen LogP contribution >= 0.6 is 11.6 Å². The number of ether oxygens (including phenoxy) is 1. The predicted molar refractivity (Wildman–Crippen MR) is 71.7 cm³/mol. The largest absolute Gasteiger partial charge is 0.465 e. The number of esters is 1. The fourth-order valence-corrected chi connectivity index (χ4v) is 2.02. The molecular weight excluding hydrogens is 266 g/mol. The first kappa shape index (κ1) is 13.5. The maximum atomic E-state index is 11.8. The third-order valence-corrected chi connectivity index (χ3v) is 2.95. The molecule has 0 fully saturated rings. The molecule has 1 aromatic heterocycles. The predicted octanol–water partition coefficient (Wildman–Crippen LogP) is 2.66. The minimum Gasteiger partial charge on any atom is -0.465 e. The van der Waals surface area contributed by atoms with Gasteiger partial charge in [0.2, 0.25) is 0 Å². The first-order chi connectivity index (χ1) is 9.17. The van der Waals surface area contributed by atoms with E-state index < -0.39 is 5.97 Å². The third kappa shape index (κ3) is 2.76. The van der Waals surface area contributed by atoms with Crippen molar-refractivity contribution < 1.29 is 9.53 Å². The zero-order valence-corrected chi connectivity index (χ0v) is 11.5. The van der Waals surface area contributed by atoms with Crippen LogP contribution in [0.4, 0.5) is 0 Å². The number of nitrogens with zero attached hydrogens (tertiary/aromatic N) is 3. The van der Waals surface area contributed by atoms with Gasteiger partial charge in [0.25, 0.3) is 0 Å². The molecule has 0 aliphatic carbocycles. The first-order valence-corrected chi connectivity index (χ1v) is 6.32. The highest BCUT2D eigenvalue weighted by molar-refractivity contribution is 6.31. The zero-order chi connectivity index (χ0) is 13.8. The van der Waals surface area contributed by atoms with E-state index >= 15 is 0 Å². The summed E-state index contributed by atoms with van der Waals surface area (Å²) in [5.74, 6) is 0.364. The Labute approximate surface area is 116 Å². The molecule has 1 heterocycles. The molecule has 6 heteroatoms. The number of methoxy groups -OCH3 is 1. The van der Waals surface area contributed by atoms with Crippen molar-refractivity contribution in [2.24, 2.45) is 0 Å². The van der Waals surface area contributed by atoms with Gasteiger partial charge in [-0.25, -0.2) is 4.79 Å². The summed E-state index contributed by atoms with van der Waals surface area (Å²) < 4.78 is 6.56. The average Bonchev–Trinajstić information content (AvgIpc) is 2.86. The van der Waals surface area contributed by atoms with Crippen LogP contribution < -0.4 is 0 Å². The van der Waals surface area contributed by atoms with Crippen molar-refractivity contribution in [3.63, 3.8) is 0 Å². The summed E-state index contributed by atoms with van der Waals surface area (Å²) in [6.45, 7) is 2.06. The lowest BCUT2D eigenvalue weighted by Crippen LogP contribution is -2.09. The maximum absolute atomic E-state index is 11.8. The van der Waals surface area contributed by atoms with Gasteiger partial charge in [-0.05, 0) is 24.6 Å². The second-order valence-electron chi connectivity index (χ2n) is 4.02. The van der Waals surface area contributed by atoms with Crippen molar-refractivity contribution in [1.29, 1.82) is 0 Å². The first-order valence-electron chi connectivity index (χ1n) is 5.94. The highest BCUT2D eigenvalue weighted by Gasteiger charge is 2.16. The van der Waals surface area contributed by atoms with Gasteiger partial charge in [0.05, 0.1) is 18.4 Å². The highest BCUT2D eigenvalue weighted by Crippen LogP contribution is 2.21. The maximum Gasteiger partial charge on any atom is 0.340 e. The van der Waals surface area contributed by atoms with Crippen LogP contribution in [0.15, 0.2) is 24.5 Å². The number of halogens is 1. The Morgan fingerprint density at radius 3 is 2.95 bits per heavy atom. The van der Waals surface area contributed by atoms with E-state index in [2.05, 4.69) is 17.1 Å². The molecular formula is C13H14ClN3O2. The Morgan fingerprint density at radius 1 is 1.47 bits per heavy atom. The molecule has 0 bridgehead atoms. The molecule has 2 rings (SSSR count). The van der Waals surface area contributed by atoms with E-state index in [0.29, 0.717) is 16.3 Å². The Bertz CT molecular complexity index is 595. The second kappa shape index (κ2) is 5.84. The van der Waals surface area contributed by atoms with Gasteiger partial charge >= 0.3 is 5.97 Å². The molecule has 100 valence electrons. The van der Waals surface area contributed by atoms with Crippen molar-refractivity contribution in [2.75, 3.05) is 7.11 Å². The van der Waals surface area contributed by atoms with Crippen LogP contribution in [0.25, 0.3) is 5.69 Å². The Kier molecular flexibility index (Phi) is 4.16. The Balaban J connectivity index is 2.55. The van der Waals surface area contributed by atoms with Crippen LogP contribution in [-0.4, -0.2) is 27.8 Å². The molecule has 0 radical (unpaired) electrons. The van der Waals surface area contributed by atoms with Crippen molar-refractivity contribution in [1.82, 2.24) is 14.8 Å². The minimum atomic E-state index is -0.436. The lowest BCUT2D eigenvalue weighted by atomic mass is 10.1. The molecule has 0 aliphatic heterocycles. The van der Waals surface area contributed by atoms with Gasteiger partial charge in [-0.3, -0.25) is 4.57 Å². The fourth-order valence-electron chi connectivity index (χ4n) is 1.85. The van der Waals surface area contributed by atoms with Gasteiger partial charge in [0.1, 0.15) is 12.2 Å². The molecule has 0 atom stereocenters. The molecule has 0 saturated carbocycles. The Hall–Kier alpha value is -1.88. The van der Waals surface area contributed by atoms with Crippen LogP contribution in [0, 0.1) is 0 Å². The van der Waals surface area contributed by atoms with Crippen molar-refractivity contribution in [2.45, 2.75) is 19.8 Å². The summed E-state index contributed by atoms with van der Waals surface area (Å²) >= 11 is 5.93. The highest BCUT2D eigenvalue weighted by atomic mass is 35.5. The van der Waals surface area contributed by atoms with Crippen LogP contribution in [0.5, 0.6) is 0 Å². The molecule has 0 unspecified atom stereocenters. The van der Waals surface area contributed by atoms with Gasteiger partial charge in [-0.2, -0.15) is 0 Å². The van der Waals surface area contributed by atoms with Gasteiger partial charge in [0.15, 0.2) is 0 Å². The monoisotopic (exact) mass is 279 g/mol. The lowest BCUT2D eigenvalue weighted by Gasteiger charge is -2.11. The summed E-state index contributed by atoms with van der Waals surface area (Å²) in [5, 5.41) is 8.43. The molecule has 2 aromatic rings. The van der Waals surface area contributed by atoms with E-state index in [1.165, 1.54) is 7.11 Å². The fraction of sp³-hybridized carbons (Fsp3) is 0.308. The van der Waals surface area contributed by atoms with Crippen LogP contribution in [0.1, 0.15) is 29.5 Å². The van der Waals surface area contributed by atoms with Crippen molar-refractivity contribution >= 4 is 17.6 Å². The number of aryl methyl sites for hydroxylation is 1. The van der Waals surface area contributed by atoms with E-state index in [4.69, 9.17) is 16.3 Å². The number of benzene rings is 1. The lowest BCUT2D eigenvalue weighted by molar-refractivity contribution is 0.0600. The summed E-state index contributed by atoms with van der Waals surface area (Å²) in [4.78, 5) is 11.8. The van der Waals surface area contributed by atoms with Crippen molar-refractivity contribution in [3.8, 4) is 5.69 Å². The zero-order valence-electron chi connectivity index (χ0n) is 10.8. The molecule has 0 spiro atoms. The van der Waals surface area contributed by atoms with Gasteiger partial charge < -0.3 is 4.74 Å². The summed E-state index contributed by atoms with van der Waals surface area (Å²) in [7, 11) is 1.34. The third-order valence-electron chi connectivity index (χ3n) is 2.72. The molecule has 1 aromatic carbocycles. The van der Waals surface area contributed by atoms with E-state index in [-0.39, 0.29) is 0 Å². The number of rotatable bonds is 4. The van der Waals surface area contributed by atoms with Gasteiger partial charge in [-0.1, -0.05) is 18.5 Å². The molecule has 5 nitrogen and oxygen atoms in total. The Morgan fingerprint density at radius 2 is 2.26 bits per heavy atom. The quantitative estimate of drug-likeness (QED) is 0.808. The van der Waals surface area contributed by atoms with E-state index in [9.17, 15) is 4.79 Å². The number of hydrogen-bond donors (Lipinski definition) is 0. The topological polar surface area (TPSA) is 57.0 Å². The molecule has 0 saturated heterocycles. The van der Waals surface area contributed by atoms with Crippen molar-refractivity contribution in [3.05, 3.63) is 40.9 Å². The van der Waals surface area contributed by atoms with Gasteiger partial charge in [-0.15, -0.1) is 10.2 Å². The second-order valence-corrected chi connectivity index (χ2v) is 4.46. The number of hydrogen-bond acceptors (Lipinski definition) is 4. The standard InChI is InChI=1S/C13H14ClN3O2/c1-3-4-12-16-15-8-17(12)11-6-5-9(14)7-10(11)13(18)19-2/h5-8H,3-4H2,1-2H3. The van der Waals surface area contributed by atoms with Gasteiger partial charge in [0, 0.05) is 11.4 Å². The smallest absolute Gasteiger partial charge is 0.340 e. The molecule has 0 aliphatic rings. The number of carbonyl (C=O) groups is 1. The number of carbonyl (C=O) groups excluding carboxylic acids is 1. The van der Waals surface area contributed by atoms with Crippen LogP contribution in [-0.2, 0) is 11.2 Å². The van der Waals surface area contributed by atoms with E-state index in [1.807, 2.05) is 0 Å². The number of aromatic nitrogens is 3. The van der Waals surface area contributed by atoms with Crippen LogP contribution in [0.2, 0.25) is 5.02 Å². The summed E-state index contributed by atoms with van der Waals surface area (Å²) in [5.41, 5.74) is 1.07. The van der Waals surface area contributed by atoms with Crippen LogP contribution in [0.3, 0.4) is 0 Å². The summed E-state index contributed by atoms with van der Waals surface area (Å²) in [6.07, 6.45) is 3.31. The molecule has 0 amide bonds. The normalized spacial score (nSPS) is 10.5. The molecule has 19 heavy (non-hydrogen) atoms. The molecule has 0 N–H and O–H groups in total. The SMILES string of the molecule is CCCc1nncn1-c1ccc(Cl)cc1C(=O)OC. The average molecular weight is 280 g/mol.